The topological polar surface area (TPSA) is 22.1 Å². The molecular formula is C14H23NOS. The van der Waals surface area contributed by atoms with Crippen molar-refractivity contribution in [2.75, 3.05) is 7.11 Å². The van der Waals surface area contributed by atoms with Crippen molar-refractivity contribution in [3.05, 3.63) is 22.7 Å². The summed E-state index contributed by atoms with van der Waals surface area (Å²) in [5, 5.41) is 1.08. The van der Waals surface area contributed by atoms with Crippen LogP contribution in [0.4, 0.5) is 0 Å². The number of thiazole rings is 1. The highest BCUT2D eigenvalue weighted by molar-refractivity contribution is 7.18. The van der Waals surface area contributed by atoms with Crippen molar-refractivity contribution in [3.63, 3.8) is 0 Å². The first kappa shape index (κ1) is 15.9. The van der Waals surface area contributed by atoms with E-state index in [2.05, 4.69) is 18.0 Å². The SMILES string of the molecule is CC.CC.COc1cc(C)cc2sc(C)nc12. The van der Waals surface area contributed by atoms with Crippen molar-refractivity contribution in [3.8, 4) is 5.75 Å². The standard InChI is InChI=1S/C10H11NOS.2C2H6/c1-6-4-8(12-3)10-9(5-6)13-7(2)11-10;2*1-2/h4-5H,1-3H3;2*1-2H3. The fourth-order valence-corrected chi connectivity index (χ4v) is 2.34. The second-order valence-electron chi connectivity index (χ2n) is 3.05. The molecule has 0 radical (unpaired) electrons. The zero-order valence-electron chi connectivity index (χ0n) is 11.9. The minimum Gasteiger partial charge on any atom is -0.494 e. The van der Waals surface area contributed by atoms with Crippen LogP contribution in [0.1, 0.15) is 38.3 Å². The van der Waals surface area contributed by atoms with Gasteiger partial charge < -0.3 is 4.74 Å². The van der Waals surface area contributed by atoms with Crippen LogP contribution in [0.2, 0.25) is 0 Å². The summed E-state index contributed by atoms with van der Waals surface area (Å²) in [5.74, 6) is 0.874. The molecule has 1 heterocycles. The van der Waals surface area contributed by atoms with Crippen molar-refractivity contribution >= 4 is 21.6 Å². The fourth-order valence-electron chi connectivity index (χ4n) is 1.40. The predicted octanol–water partition coefficient (Wildman–Crippen LogP) is 4.97. The molecule has 1 aromatic carbocycles. The lowest BCUT2D eigenvalue weighted by Crippen LogP contribution is -1.85. The van der Waals surface area contributed by atoms with Crippen molar-refractivity contribution in [2.45, 2.75) is 41.5 Å². The molecule has 0 unspecified atom stereocenters. The Morgan fingerprint density at radius 3 is 2.18 bits per heavy atom. The molecule has 0 saturated carbocycles. The van der Waals surface area contributed by atoms with Gasteiger partial charge in [-0.05, 0) is 31.5 Å². The van der Waals surface area contributed by atoms with Gasteiger partial charge in [0.2, 0.25) is 0 Å². The van der Waals surface area contributed by atoms with Crippen LogP contribution in [0.25, 0.3) is 10.2 Å². The van der Waals surface area contributed by atoms with Gasteiger partial charge in [-0.3, -0.25) is 0 Å². The maximum Gasteiger partial charge on any atom is 0.146 e. The van der Waals surface area contributed by atoms with Crippen molar-refractivity contribution in [2.24, 2.45) is 0 Å². The number of hydrogen-bond acceptors (Lipinski definition) is 3. The highest BCUT2D eigenvalue weighted by atomic mass is 32.1. The Labute approximate surface area is 109 Å². The van der Waals surface area contributed by atoms with Gasteiger partial charge in [-0.2, -0.15) is 0 Å². The van der Waals surface area contributed by atoms with E-state index in [-0.39, 0.29) is 0 Å². The van der Waals surface area contributed by atoms with Crippen LogP contribution >= 0.6 is 11.3 Å². The number of methoxy groups -OCH3 is 1. The monoisotopic (exact) mass is 253 g/mol. The highest BCUT2D eigenvalue weighted by Crippen LogP contribution is 2.30. The van der Waals surface area contributed by atoms with Gasteiger partial charge >= 0.3 is 0 Å². The Hall–Kier alpha value is -1.09. The Balaban J connectivity index is 0.000000581. The quantitative estimate of drug-likeness (QED) is 0.715. The summed E-state index contributed by atoms with van der Waals surface area (Å²) in [4.78, 5) is 4.42. The van der Waals surface area contributed by atoms with E-state index in [1.807, 2.05) is 40.7 Å². The summed E-state index contributed by atoms with van der Waals surface area (Å²) < 4.78 is 6.47. The third-order valence-corrected chi connectivity index (χ3v) is 2.85. The van der Waals surface area contributed by atoms with E-state index in [4.69, 9.17) is 4.74 Å². The van der Waals surface area contributed by atoms with Gasteiger partial charge in [0.15, 0.2) is 0 Å². The first-order valence-electron chi connectivity index (χ1n) is 6.12. The minimum atomic E-state index is 0.874. The molecule has 0 saturated heterocycles. The normalized spacial score (nSPS) is 8.88. The average molecular weight is 253 g/mol. The second kappa shape index (κ2) is 8.07. The first-order valence-corrected chi connectivity index (χ1v) is 6.94. The molecule has 17 heavy (non-hydrogen) atoms. The fraction of sp³-hybridized carbons (Fsp3) is 0.500. The number of rotatable bonds is 1. The van der Waals surface area contributed by atoms with Gasteiger partial charge in [-0.15, -0.1) is 11.3 Å². The summed E-state index contributed by atoms with van der Waals surface area (Å²) in [5.41, 5.74) is 2.20. The van der Waals surface area contributed by atoms with Crippen LogP contribution in [0, 0.1) is 13.8 Å². The van der Waals surface area contributed by atoms with Gasteiger partial charge in [0.1, 0.15) is 11.3 Å². The van der Waals surface area contributed by atoms with E-state index in [1.165, 1.54) is 10.3 Å². The largest absolute Gasteiger partial charge is 0.494 e. The maximum atomic E-state index is 5.27. The van der Waals surface area contributed by atoms with Crippen LogP contribution < -0.4 is 4.74 Å². The Kier molecular flexibility index (Phi) is 7.55. The maximum absolute atomic E-state index is 5.27. The molecule has 3 heteroatoms. The second-order valence-corrected chi connectivity index (χ2v) is 4.28. The number of fused-ring (bicyclic) bond motifs is 1. The third kappa shape index (κ3) is 4.00. The zero-order valence-corrected chi connectivity index (χ0v) is 12.7. The van der Waals surface area contributed by atoms with Gasteiger partial charge in [0, 0.05) is 0 Å². The molecular weight excluding hydrogens is 230 g/mol. The predicted molar refractivity (Wildman–Crippen MR) is 78.3 cm³/mol. The number of benzene rings is 1. The molecule has 0 spiro atoms. The Bertz CT molecular complexity index is 449. The zero-order chi connectivity index (χ0) is 13.4. The molecule has 0 bridgehead atoms. The van der Waals surface area contributed by atoms with E-state index < -0.39 is 0 Å². The highest BCUT2D eigenvalue weighted by Gasteiger charge is 2.06. The van der Waals surface area contributed by atoms with E-state index >= 15 is 0 Å². The number of hydrogen-bond donors (Lipinski definition) is 0. The lowest BCUT2D eigenvalue weighted by Gasteiger charge is -2.01. The summed E-state index contributed by atoms with van der Waals surface area (Å²) >= 11 is 1.70. The molecule has 1 aromatic heterocycles. The van der Waals surface area contributed by atoms with Crippen LogP contribution in [0.3, 0.4) is 0 Å². The molecule has 2 rings (SSSR count). The van der Waals surface area contributed by atoms with E-state index in [0.29, 0.717) is 0 Å². The molecule has 0 aliphatic heterocycles. The smallest absolute Gasteiger partial charge is 0.146 e. The molecule has 2 nitrogen and oxygen atoms in total. The number of aromatic nitrogens is 1. The Morgan fingerprint density at radius 2 is 1.65 bits per heavy atom. The van der Waals surface area contributed by atoms with Crippen molar-refractivity contribution in [1.82, 2.24) is 4.98 Å². The lowest BCUT2D eigenvalue weighted by molar-refractivity contribution is 0.418. The van der Waals surface area contributed by atoms with E-state index in [9.17, 15) is 0 Å². The van der Waals surface area contributed by atoms with Crippen LogP contribution in [-0.4, -0.2) is 12.1 Å². The lowest BCUT2D eigenvalue weighted by atomic mass is 10.2. The molecule has 96 valence electrons. The molecule has 0 aliphatic carbocycles. The molecule has 0 N–H and O–H groups in total. The van der Waals surface area contributed by atoms with Gasteiger partial charge in [0.25, 0.3) is 0 Å². The summed E-state index contributed by atoms with van der Waals surface area (Å²) in [6.07, 6.45) is 0. The average Bonchev–Trinajstić information content (AvgIpc) is 2.73. The van der Waals surface area contributed by atoms with Crippen LogP contribution in [0.15, 0.2) is 12.1 Å². The number of ether oxygens (including phenoxy) is 1. The van der Waals surface area contributed by atoms with E-state index in [1.54, 1.807) is 18.4 Å². The number of nitrogens with zero attached hydrogens (tertiary/aromatic N) is 1. The van der Waals surface area contributed by atoms with Crippen molar-refractivity contribution in [1.29, 1.82) is 0 Å². The molecule has 2 aromatic rings. The third-order valence-electron chi connectivity index (χ3n) is 1.93. The van der Waals surface area contributed by atoms with Gasteiger partial charge in [-0.1, -0.05) is 27.7 Å². The van der Waals surface area contributed by atoms with Crippen LogP contribution in [0.5, 0.6) is 5.75 Å². The minimum absolute atomic E-state index is 0.874. The molecule has 0 atom stereocenters. The summed E-state index contributed by atoms with van der Waals surface area (Å²) in [7, 11) is 1.68. The Morgan fingerprint density at radius 1 is 1.06 bits per heavy atom. The number of aryl methyl sites for hydroxylation is 2. The van der Waals surface area contributed by atoms with Gasteiger partial charge in [-0.25, -0.2) is 4.98 Å². The molecule has 0 fully saturated rings. The van der Waals surface area contributed by atoms with E-state index in [0.717, 1.165) is 16.3 Å². The van der Waals surface area contributed by atoms with Crippen molar-refractivity contribution < 1.29 is 4.74 Å². The summed E-state index contributed by atoms with van der Waals surface area (Å²) in [6.45, 7) is 12.1. The molecule has 0 amide bonds. The first-order chi connectivity index (χ1) is 8.20. The van der Waals surface area contributed by atoms with Crippen LogP contribution in [-0.2, 0) is 0 Å². The van der Waals surface area contributed by atoms with Gasteiger partial charge in [0.05, 0.1) is 16.8 Å². The molecule has 0 aliphatic rings. The summed E-state index contributed by atoms with van der Waals surface area (Å²) in [6, 6.07) is 4.16.